The number of nitrogens with one attached hydrogen (secondary N) is 3. The Hall–Kier alpha value is -2.98. The molecule has 0 aliphatic heterocycles. The number of amides is 2. The molecule has 2 aromatic rings. The number of benzene rings is 2. The van der Waals surface area contributed by atoms with Crippen molar-refractivity contribution < 1.29 is 27.1 Å². The SMILES string of the molecule is CCOc1ccc(C(=O)NNC(=O)[C@H](C)NS(=O)(=O)c2ccc(F)cc2)cc1. The van der Waals surface area contributed by atoms with Crippen LogP contribution in [0.3, 0.4) is 0 Å². The Morgan fingerprint density at radius 2 is 1.64 bits per heavy atom. The van der Waals surface area contributed by atoms with Crippen molar-refractivity contribution in [2.24, 2.45) is 0 Å². The fourth-order valence-corrected chi connectivity index (χ4v) is 3.34. The summed E-state index contributed by atoms with van der Waals surface area (Å²) in [6.07, 6.45) is 0. The fourth-order valence-electron chi connectivity index (χ4n) is 2.14. The molecule has 0 saturated heterocycles. The molecular formula is C18H20FN3O5S. The maximum absolute atomic E-state index is 12.9. The van der Waals surface area contributed by atoms with Crippen LogP contribution in [-0.2, 0) is 14.8 Å². The minimum atomic E-state index is -4.03. The van der Waals surface area contributed by atoms with Crippen molar-refractivity contribution in [2.45, 2.75) is 24.8 Å². The number of hydrogen-bond acceptors (Lipinski definition) is 5. The zero-order chi connectivity index (χ0) is 20.7. The molecule has 10 heteroatoms. The minimum absolute atomic E-state index is 0.188. The van der Waals surface area contributed by atoms with Crippen molar-refractivity contribution in [1.29, 1.82) is 0 Å². The highest BCUT2D eigenvalue weighted by atomic mass is 32.2. The molecule has 8 nitrogen and oxygen atoms in total. The zero-order valence-corrected chi connectivity index (χ0v) is 16.0. The third kappa shape index (κ3) is 5.76. The molecule has 28 heavy (non-hydrogen) atoms. The van der Waals surface area contributed by atoms with Gasteiger partial charge in [-0.25, -0.2) is 12.8 Å². The second kappa shape index (κ2) is 9.29. The predicted octanol–water partition coefficient (Wildman–Crippen LogP) is 1.35. The minimum Gasteiger partial charge on any atom is -0.494 e. The van der Waals surface area contributed by atoms with E-state index in [4.69, 9.17) is 4.74 Å². The van der Waals surface area contributed by atoms with E-state index in [0.717, 1.165) is 24.3 Å². The van der Waals surface area contributed by atoms with Gasteiger partial charge in [-0.3, -0.25) is 20.4 Å². The summed E-state index contributed by atoms with van der Waals surface area (Å²) < 4.78 is 44.7. The summed E-state index contributed by atoms with van der Waals surface area (Å²) in [6.45, 7) is 3.63. The number of hydrogen-bond donors (Lipinski definition) is 3. The average molecular weight is 409 g/mol. The summed E-state index contributed by atoms with van der Waals surface area (Å²) in [4.78, 5) is 23.9. The highest BCUT2D eigenvalue weighted by Gasteiger charge is 2.22. The van der Waals surface area contributed by atoms with E-state index in [2.05, 4.69) is 15.6 Å². The van der Waals surface area contributed by atoms with E-state index >= 15 is 0 Å². The van der Waals surface area contributed by atoms with Gasteiger partial charge in [0.05, 0.1) is 17.5 Å². The van der Waals surface area contributed by atoms with Crippen LogP contribution in [0.15, 0.2) is 53.4 Å². The molecule has 1 atom stereocenters. The molecule has 0 aliphatic rings. The quantitative estimate of drug-likeness (QED) is 0.598. The smallest absolute Gasteiger partial charge is 0.269 e. The molecule has 0 aromatic heterocycles. The standard InChI is InChI=1S/C18H20FN3O5S/c1-3-27-15-8-4-13(5-9-15)18(24)21-20-17(23)12(2)22-28(25,26)16-10-6-14(19)7-11-16/h4-12,22H,3H2,1-2H3,(H,20,23)(H,21,24)/t12-/m0/s1. The number of rotatable bonds is 7. The van der Waals surface area contributed by atoms with Crippen molar-refractivity contribution in [3.8, 4) is 5.75 Å². The van der Waals surface area contributed by atoms with Gasteiger partial charge in [-0.1, -0.05) is 0 Å². The number of carbonyl (C=O) groups excluding carboxylic acids is 2. The first-order valence-electron chi connectivity index (χ1n) is 8.34. The second-order valence-electron chi connectivity index (χ2n) is 5.70. The van der Waals surface area contributed by atoms with Crippen LogP contribution in [0.5, 0.6) is 5.75 Å². The molecule has 0 aliphatic carbocycles. The van der Waals surface area contributed by atoms with Gasteiger partial charge in [0.1, 0.15) is 11.6 Å². The van der Waals surface area contributed by atoms with E-state index < -0.39 is 33.7 Å². The Labute approximate surface area is 162 Å². The van der Waals surface area contributed by atoms with Crippen molar-refractivity contribution in [2.75, 3.05) is 6.61 Å². The molecule has 150 valence electrons. The molecule has 0 unspecified atom stereocenters. The summed E-state index contributed by atoms with van der Waals surface area (Å²) in [7, 11) is -4.03. The van der Waals surface area contributed by atoms with Crippen molar-refractivity contribution in [3.05, 3.63) is 59.9 Å². The number of ether oxygens (including phenoxy) is 1. The Balaban J connectivity index is 1.91. The van der Waals surface area contributed by atoms with Gasteiger partial charge in [0.25, 0.3) is 11.8 Å². The zero-order valence-electron chi connectivity index (χ0n) is 15.2. The summed E-state index contributed by atoms with van der Waals surface area (Å²) in [5.74, 6) is -1.33. The van der Waals surface area contributed by atoms with E-state index in [-0.39, 0.29) is 10.5 Å². The Morgan fingerprint density at radius 3 is 2.21 bits per heavy atom. The van der Waals surface area contributed by atoms with E-state index in [1.807, 2.05) is 6.92 Å². The number of halogens is 1. The second-order valence-corrected chi connectivity index (χ2v) is 7.41. The first-order valence-corrected chi connectivity index (χ1v) is 9.82. The van der Waals surface area contributed by atoms with Crippen LogP contribution in [-0.4, -0.2) is 32.9 Å². The third-order valence-corrected chi connectivity index (χ3v) is 5.13. The van der Waals surface area contributed by atoms with Gasteiger partial charge in [0.2, 0.25) is 10.0 Å². The molecule has 0 saturated carbocycles. The van der Waals surface area contributed by atoms with Crippen LogP contribution in [0.25, 0.3) is 0 Å². The van der Waals surface area contributed by atoms with E-state index in [1.165, 1.54) is 19.1 Å². The van der Waals surface area contributed by atoms with Gasteiger partial charge in [0, 0.05) is 5.56 Å². The monoisotopic (exact) mass is 409 g/mol. The lowest BCUT2D eigenvalue weighted by Gasteiger charge is -2.15. The molecule has 2 amide bonds. The molecule has 0 fully saturated rings. The Morgan fingerprint density at radius 1 is 1.04 bits per heavy atom. The van der Waals surface area contributed by atoms with Crippen molar-refractivity contribution >= 4 is 21.8 Å². The van der Waals surface area contributed by atoms with E-state index in [1.54, 1.807) is 12.1 Å². The summed E-state index contributed by atoms with van der Waals surface area (Å²) in [6, 6.07) is 9.23. The van der Waals surface area contributed by atoms with Crippen LogP contribution in [0.2, 0.25) is 0 Å². The normalized spacial score (nSPS) is 12.1. The largest absolute Gasteiger partial charge is 0.494 e. The molecule has 3 N–H and O–H groups in total. The van der Waals surface area contributed by atoms with Gasteiger partial charge >= 0.3 is 0 Å². The highest BCUT2D eigenvalue weighted by Crippen LogP contribution is 2.12. The third-order valence-electron chi connectivity index (χ3n) is 3.58. The van der Waals surface area contributed by atoms with Crippen molar-refractivity contribution in [1.82, 2.24) is 15.6 Å². The van der Waals surface area contributed by atoms with Crippen LogP contribution in [0.4, 0.5) is 4.39 Å². The molecule has 0 radical (unpaired) electrons. The van der Waals surface area contributed by atoms with Gasteiger partial charge in [0.15, 0.2) is 0 Å². The summed E-state index contributed by atoms with van der Waals surface area (Å²) in [5, 5.41) is 0. The number of carbonyl (C=O) groups is 2. The van der Waals surface area contributed by atoms with Gasteiger partial charge < -0.3 is 4.74 Å². The molecule has 0 bridgehead atoms. The molecule has 2 rings (SSSR count). The maximum atomic E-state index is 12.9. The van der Waals surface area contributed by atoms with Crippen LogP contribution < -0.4 is 20.3 Å². The lowest BCUT2D eigenvalue weighted by atomic mass is 10.2. The first-order chi connectivity index (χ1) is 13.2. The van der Waals surface area contributed by atoms with E-state index in [9.17, 15) is 22.4 Å². The van der Waals surface area contributed by atoms with E-state index in [0.29, 0.717) is 12.4 Å². The summed E-state index contributed by atoms with van der Waals surface area (Å²) in [5.41, 5.74) is 4.63. The molecular weight excluding hydrogens is 389 g/mol. The predicted molar refractivity (Wildman–Crippen MR) is 99.4 cm³/mol. The Kier molecular flexibility index (Phi) is 7.07. The maximum Gasteiger partial charge on any atom is 0.269 e. The van der Waals surface area contributed by atoms with Gasteiger partial charge in [-0.05, 0) is 62.4 Å². The Bertz CT molecular complexity index is 931. The van der Waals surface area contributed by atoms with Crippen LogP contribution in [0, 0.1) is 5.82 Å². The van der Waals surface area contributed by atoms with Gasteiger partial charge in [-0.2, -0.15) is 4.72 Å². The van der Waals surface area contributed by atoms with Crippen LogP contribution >= 0.6 is 0 Å². The average Bonchev–Trinajstić information content (AvgIpc) is 2.66. The van der Waals surface area contributed by atoms with Crippen molar-refractivity contribution in [3.63, 3.8) is 0 Å². The summed E-state index contributed by atoms with van der Waals surface area (Å²) >= 11 is 0. The van der Waals surface area contributed by atoms with Gasteiger partial charge in [-0.15, -0.1) is 0 Å². The van der Waals surface area contributed by atoms with Crippen LogP contribution in [0.1, 0.15) is 24.2 Å². The number of sulfonamides is 1. The topological polar surface area (TPSA) is 114 Å². The number of hydrazine groups is 1. The first kappa shape index (κ1) is 21.3. The lowest BCUT2D eigenvalue weighted by molar-refractivity contribution is -0.123. The fraction of sp³-hybridized carbons (Fsp3) is 0.222. The lowest BCUT2D eigenvalue weighted by Crippen LogP contribution is -2.51. The molecule has 0 heterocycles. The molecule has 0 spiro atoms. The highest BCUT2D eigenvalue weighted by molar-refractivity contribution is 7.89. The molecule has 2 aromatic carbocycles.